The van der Waals surface area contributed by atoms with Crippen molar-refractivity contribution in [2.24, 2.45) is 0 Å². The molecular formula is C13H8Cl2N2O4. The lowest BCUT2D eigenvalue weighted by molar-refractivity contribution is -0.384. The highest BCUT2D eigenvalue weighted by atomic mass is 35.5. The number of anilines is 1. The van der Waals surface area contributed by atoms with Crippen LogP contribution in [0.15, 0.2) is 36.4 Å². The summed E-state index contributed by atoms with van der Waals surface area (Å²) >= 11 is 11.7. The van der Waals surface area contributed by atoms with Gasteiger partial charge >= 0.3 is 0 Å². The number of phenolic OH excluding ortho intramolecular Hbond substituents is 1. The molecule has 0 radical (unpaired) electrons. The van der Waals surface area contributed by atoms with Crippen LogP contribution < -0.4 is 5.32 Å². The number of carbonyl (C=O) groups excluding carboxylic acids is 1. The van der Waals surface area contributed by atoms with E-state index in [4.69, 9.17) is 23.2 Å². The van der Waals surface area contributed by atoms with Gasteiger partial charge in [0.2, 0.25) is 0 Å². The molecule has 2 aromatic rings. The van der Waals surface area contributed by atoms with Crippen LogP contribution in [-0.2, 0) is 0 Å². The zero-order chi connectivity index (χ0) is 15.6. The number of phenols is 1. The average molecular weight is 327 g/mol. The van der Waals surface area contributed by atoms with E-state index in [0.717, 1.165) is 18.2 Å². The van der Waals surface area contributed by atoms with Crippen molar-refractivity contribution in [1.82, 2.24) is 0 Å². The summed E-state index contributed by atoms with van der Waals surface area (Å²) in [6, 6.07) is 7.79. The molecule has 0 aliphatic rings. The number of nitro benzene ring substituents is 1. The Kier molecular flexibility index (Phi) is 4.30. The molecule has 0 fully saturated rings. The SMILES string of the molecule is O=C(Nc1cc([N+](=O)[O-])ccc1O)c1cccc(Cl)c1Cl. The molecular weight excluding hydrogens is 319 g/mol. The molecule has 0 spiro atoms. The number of amides is 1. The topological polar surface area (TPSA) is 92.5 Å². The quantitative estimate of drug-likeness (QED) is 0.508. The van der Waals surface area contributed by atoms with Gasteiger partial charge in [-0.05, 0) is 18.2 Å². The van der Waals surface area contributed by atoms with E-state index in [2.05, 4.69) is 5.32 Å². The second-order valence-electron chi connectivity index (χ2n) is 4.01. The molecule has 2 aromatic carbocycles. The van der Waals surface area contributed by atoms with Crippen molar-refractivity contribution < 1.29 is 14.8 Å². The van der Waals surface area contributed by atoms with Crippen molar-refractivity contribution in [3.05, 3.63) is 62.1 Å². The minimum atomic E-state index is -0.640. The summed E-state index contributed by atoms with van der Waals surface area (Å²) < 4.78 is 0. The van der Waals surface area contributed by atoms with Gasteiger partial charge in [-0.1, -0.05) is 29.3 Å². The molecule has 6 nitrogen and oxygen atoms in total. The standard InChI is InChI=1S/C13H8Cl2N2O4/c14-9-3-1-2-8(12(9)15)13(19)16-10-6-7(17(20)21)4-5-11(10)18/h1-6,18H,(H,16,19). The van der Waals surface area contributed by atoms with Gasteiger partial charge in [-0.25, -0.2) is 0 Å². The number of aromatic hydroxyl groups is 1. The number of nitrogens with one attached hydrogen (secondary N) is 1. The van der Waals surface area contributed by atoms with Crippen LogP contribution in [0.3, 0.4) is 0 Å². The zero-order valence-electron chi connectivity index (χ0n) is 10.3. The summed E-state index contributed by atoms with van der Waals surface area (Å²) in [5, 5.41) is 22.9. The number of nitrogens with zero attached hydrogens (tertiary/aromatic N) is 1. The molecule has 0 aromatic heterocycles. The predicted octanol–water partition coefficient (Wildman–Crippen LogP) is 3.86. The van der Waals surface area contributed by atoms with E-state index in [9.17, 15) is 20.0 Å². The summed E-state index contributed by atoms with van der Waals surface area (Å²) in [6.07, 6.45) is 0. The van der Waals surface area contributed by atoms with Crippen LogP contribution in [0.4, 0.5) is 11.4 Å². The smallest absolute Gasteiger partial charge is 0.271 e. The Morgan fingerprint density at radius 3 is 2.62 bits per heavy atom. The van der Waals surface area contributed by atoms with Gasteiger partial charge < -0.3 is 10.4 Å². The van der Waals surface area contributed by atoms with Crippen molar-refractivity contribution >= 4 is 40.5 Å². The van der Waals surface area contributed by atoms with E-state index in [1.165, 1.54) is 18.2 Å². The number of rotatable bonds is 3. The van der Waals surface area contributed by atoms with E-state index < -0.39 is 10.8 Å². The third kappa shape index (κ3) is 3.24. The first-order chi connectivity index (χ1) is 9.90. The number of nitro groups is 1. The Hall–Kier alpha value is -2.31. The monoisotopic (exact) mass is 326 g/mol. The summed E-state index contributed by atoms with van der Waals surface area (Å²) in [5.74, 6) is -0.939. The first-order valence-corrected chi connectivity index (χ1v) is 6.38. The third-order valence-electron chi connectivity index (χ3n) is 2.64. The fourth-order valence-corrected chi connectivity index (χ4v) is 1.99. The van der Waals surface area contributed by atoms with Crippen LogP contribution in [0, 0.1) is 10.1 Å². The second kappa shape index (κ2) is 5.99. The minimum Gasteiger partial charge on any atom is -0.506 e. The van der Waals surface area contributed by atoms with Gasteiger partial charge in [0.05, 0.1) is 26.2 Å². The molecule has 108 valence electrons. The van der Waals surface area contributed by atoms with Crippen molar-refractivity contribution in [3.63, 3.8) is 0 Å². The van der Waals surface area contributed by atoms with Gasteiger partial charge in [0, 0.05) is 12.1 Å². The van der Waals surface area contributed by atoms with Gasteiger partial charge in [-0.2, -0.15) is 0 Å². The Morgan fingerprint density at radius 2 is 1.95 bits per heavy atom. The van der Waals surface area contributed by atoms with Crippen molar-refractivity contribution in [3.8, 4) is 5.75 Å². The van der Waals surface area contributed by atoms with E-state index in [1.807, 2.05) is 0 Å². The molecule has 0 bridgehead atoms. The number of hydrogen-bond donors (Lipinski definition) is 2. The maximum atomic E-state index is 12.1. The highest BCUT2D eigenvalue weighted by Gasteiger charge is 2.16. The van der Waals surface area contributed by atoms with Gasteiger partial charge in [0.1, 0.15) is 5.75 Å². The van der Waals surface area contributed by atoms with E-state index in [0.29, 0.717) is 0 Å². The average Bonchev–Trinajstić information content (AvgIpc) is 2.43. The molecule has 2 rings (SSSR count). The number of carbonyl (C=O) groups is 1. The van der Waals surface area contributed by atoms with E-state index in [1.54, 1.807) is 0 Å². The fourth-order valence-electron chi connectivity index (χ4n) is 1.61. The summed E-state index contributed by atoms with van der Waals surface area (Å²) in [4.78, 5) is 22.1. The number of halogens is 2. The molecule has 0 aliphatic carbocycles. The Balaban J connectivity index is 2.33. The number of hydrogen-bond acceptors (Lipinski definition) is 4. The molecule has 0 heterocycles. The van der Waals surface area contributed by atoms with Crippen molar-refractivity contribution in [2.75, 3.05) is 5.32 Å². The van der Waals surface area contributed by atoms with Crippen LogP contribution in [-0.4, -0.2) is 15.9 Å². The lowest BCUT2D eigenvalue weighted by Gasteiger charge is -2.09. The normalized spacial score (nSPS) is 10.2. The van der Waals surface area contributed by atoms with E-state index in [-0.39, 0.29) is 32.7 Å². The third-order valence-corrected chi connectivity index (χ3v) is 3.45. The van der Waals surface area contributed by atoms with Crippen molar-refractivity contribution in [2.45, 2.75) is 0 Å². The first-order valence-electron chi connectivity index (χ1n) is 5.63. The largest absolute Gasteiger partial charge is 0.506 e. The molecule has 21 heavy (non-hydrogen) atoms. The molecule has 1 amide bonds. The summed E-state index contributed by atoms with van der Waals surface area (Å²) in [5.41, 5.74) is -0.263. The Labute approximate surface area is 129 Å². The predicted molar refractivity (Wildman–Crippen MR) is 79.2 cm³/mol. The molecule has 0 saturated heterocycles. The van der Waals surface area contributed by atoms with Crippen LogP contribution >= 0.6 is 23.2 Å². The molecule has 0 saturated carbocycles. The molecule has 0 unspecified atom stereocenters. The Bertz CT molecular complexity index is 734. The van der Waals surface area contributed by atoms with Crippen LogP contribution in [0.5, 0.6) is 5.75 Å². The molecule has 8 heteroatoms. The van der Waals surface area contributed by atoms with E-state index >= 15 is 0 Å². The highest BCUT2D eigenvalue weighted by molar-refractivity contribution is 6.44. The van der Waals surface area contributed by atoms with Gasteiger partial charge in [-0.3, -0.25) is 14.9 Å². The van der Waals surface area contributed by atoms with Crippen molar-refractivity contribution in [1.29, 1.82) is 0 Å². The first kappa shape index (κ1) is 15.1. The zero-order valence-corrected chi connectivity index (χ0v) is 11.9. The van der Waals surface area contributed by atoms with Crippen LogP contribution in [0.2, 0.25) is 10.0 Å². The van der Waals surface area contributed by atoms with Gasteiger partial charge in [0.15, 0.2) is 0 Å². The number of benzene rings is 2. The molecule has 0 aliphatic heterocycles. The lowest BCUT2D eigenvalue weighted by atomic mass is 10.2. The maximum absolute atomic E-state index is 12.1. The molecule has 2 N–H and O–H groups in total. The number of non-ortho nitro benzene ring substituents is 1. The second-order valence-corrected chi connectivity index (χ2v) is 4.80. The van der Waals surface area contributed by atoms with Gasteiger partial charge in [0.25, 0.3) is 11.6 Å². The van der Waals surface area contributed by atoms with Crippen LogP contribution in [0.25, 0.3) is 0 Å². The highest BCUT2D eigenvalue weighted by Crippen LogP contribution is 2.30. The van der Waals surface area contributed by atoms with Gasteiger partial charge in [-0.15, -0.1) is 0 Å². The summed E-state index contributed by atoms with van der Waals surface area (Å²) in [7, 11) is 0. The fraction of sp³-hybridized carbons (Fsp3) is 0. The maximum Gasteiger partial charge on any atom is 0.271 e. The minimum absolute atomic E-state index is 0.0570. The lowest BCUT2D eigenvalue weighted by Crippen LogP contribution is -2.12. The summed E-state index contributed by atoms with van der Waals surface area (Å²) in [6.45, 7) is 0. The Morgan fingerprint density at radius 1 is 1.24 bits per heavy atom. The molecule has 0 atom stereocenters. The van der Waals surface area contributed by atoms with Crippen LogP contribution in [0.1, 0.15) is 10.4 Å².